The molecule has 0 unspecified atom stereocenters. The molecule has 0 radical (unpaired) electrons. The lowest BCUT2D eigenvalue weighted by Crippen LogP contribution is -2.46. The Balaban J connectivity index is 1.81. The lowest BCUT2D eigenvalue weighted by atomic mass is 10.1. The number of sulfone groups is 1. The van der Waals surface area contributed by atoms with Crippen LogP contribution in [0.3, 0.4) is 0 Å². The van der Waals surface area contributed by atoms with Crippen molar-refractivity contribution in [1.29, 1.82) is 0 Å². The number of halogens is 1. The molecular formula is C22H26ClNO4S. The summed E-state index contributed by atoms with van der Waals surface area (Å²) in [5.41, 5.74) is 3.00. The van der Waals surface area contributed by atoms with Gasteiger partial charge in [-0.3, -0.25) is 4.79 Å². The zero-order valence-corrected chi connectivity index (χ0v) is 18.5. The Labute approximate surface area is 177 Å². The first-order chi connectivity index (χ1) is 13.6. The second-order valence-corrected chi connectivity index (χ2v) is 10.4. The van der Waals surface area contributed by atoms with E-state index >= 15 is 0 Å². The molecule has 0 saturated carbocycles. The molecule has 1 saturated heterocycles. The Morgan fingerprint density at radius 3 is 2.34 bits per heavy atom. The molecule has 1 fully saturated rings. The van der Waals surface area contributed by atoms with Gasteiger partial charge in [0.2, 0.25) is 0 Å². The maximum Gasteiger partial charge on any atom is 0.263 e. The quantitative estimate of drug-likeness (QED) is 0.689. The number of carbonyl (C=O) groups is 1. The van der Waals surface area contributed by atoms with Gasteiger partial charge in [-0.15, -0.1) is 0 Å². The fraction of sp³-hybridized carbons (Fsp3) is 0.409. The van der Waals surface area contributed by atoms with Crippen molar-refractivity contribution in [2.75, 3.05) is 11.5 Å². The van der Waals surface area contributed by atoms with E-state index in [1.165, 1.54) is 0 Å². The van der Waals surface area contributed by atoms with E-state index in [2.05, 4.69) is 0 Å². The lowest BCUT2D eigenvalue weighted by Gasteiger charge is -2.31. The molecule has 5 nitrogen and oxygen atoms in total. The van der Waals surface area contributed by atoms with E-state index in [1.807, 2.05) is 44.2 Å². The molecule has 2 atom stereocenters. The number of hydrogen-bond donors (Lipinski definition) is 0. The van der Waals surface area contributed by atoms with Gasteiger partial charge < -0.3 is 9.64 Å². The minimum Gasteiger partial charge on any atom is -0.481 e. The summed E-state index contributed by atoms with van der Waals surface area (Å²) in [6, 6.07) is 12.7. The largest absolute Gasteiger partial charge is 0.481 e. The first kappa shape index (κ1) is 21.7. The second-order valence-electron chi connectivity index (χ2n) is 7.73. The summed E-state index contributed by atoms with van der Waals surface area (Å²) < 4.78 is 30.0. The van der Waals surface area contributed by atoms with Crippen LogP contribution >= 0.6 is 11.6 Å². The number of ether oxygens (including phenoxy) is 1. The molecule has 1 amide bonds. The summed E-state index contributed by atoms with van der Waals surface area (Å²) in [5, 5.41) is 0.613. The van der Waals surface area contributed by atoms with E-state index in [-0.39, 0.29) is 23.5 Å². The number of amides is 1. The molecule has 0 N–H and O–H groups in total. The van der Waals surface area contributed by atoms with Gasteiger partial charge in [0, 0.05) is 17.6 Å². The van der Waals surface area contributed by atoms with Crippen molar-refractivity contribution >= 4 is 27.3 Å². The first-order valence-electron chi connectivity index (χ1n) is 9.63. The number of benzene rings is 2. The van der Waals surface area contributed by atoms with Crippen LogP contribution in [0.5, 0.6) is 5.75 Å². The van der Waals surface area contributed by atoms with Gasteiger partial charge >= 0.3 is 0 Å². The van der Waals surface area contributed by atoms with Gasteiger partial charge in [0.25, 0.3) is 5.91 Å². The molecule has 0 bridgehead atoms. The van der Waals surface area contributed by atoms with Crippen LogP contribution in [0.4, 0.5) is 0 Å². The molecule has 1 aliphatic rings. The smallest absolute Gasteiger partial charge is 0.263 e. The number of carbonyl (C=O) groups excluding carboxylic acids is 1. The van der Waals surface area contributed by atoms with Gasteiger partial charge in [0.15, 0.2) is 15.9 Å². The highest BCUT2D eigenvalue weighted by atomic mass is 35.5. The SMILES string of the molecule is Cc1cc(C)cc(O[C@H](C)C(=O)N(Cc2ccc(Cl)cc2)[C@@H]2CCS(=O)(=O)C2)c1. The van der Waals surface area contributed by atoms with Crippen molar-refractivity contribution in [3.63, 3.8) is 0 Å². The van der Waals surface area contributed by atoms with E-state index in [1.54, 1.807) is 24.0 Å². The van der Waals surface area contributed by atoms with Crippen molar-refractivity contribution in [3.8, 4) is 5.75 Å². The van der Waals surface area contributed by atoms with Gasteiger partial charge in [-0.05, 0) is 68.1 Å². The molecule has 2 aromatic rings. The normalized spacial score (nSPS) is 19.0. The minimum absolute atomic E-state index is 0.0113. The third kappa shape index (κ3) is 5.73. The van der Waals surface area contributed by atoms with E-state index in [4.69, 9.17) is 16.3 Å². The van der Waals surface area contributed by atoms with Crippen molar-refractivity contribution in [1.82, 2.24) is 4.90 Å². The third-order valence-corrected chi connectivity index (χ3v) is 7.06. The summed E-state index contributed by atoms with van der Waals surface area (Å²) in [6.07, 6.45) is -0.287. The molecule has 156 valence electrons. The average Bonchev–Trinajstić information content (AvgIpc) is 2.99. The van der Waals surface area contributed by atoms with Crippen LogP contribution in [-0.2, 0) is 21.2 Å². The second kappa shape index (κ2) is 8.76. The number of hydrogen-bond acceptors (Lipinski definition) is 4. The summed E-state index contributed by atoms with van der Waals surface area (Å²) in [4.78, 5) is 14.9. The van der Waals surface area contributed by atoms with Gasteiger partial charge in [0.05, 0.1) is 11.5 Å². The van der Waals surface area contributed by atoms with Gasteiger partial charge in [-0.1, -0.05) is 29.8 Å². The van der Waals surface area contributed by atoms with Crippen LogP contribution in [0.1, 0.15) is 30.0 Å². The summed E-state index contributed by atoms with van der Waals surface area (Å²) in [6.45, 7) is 5.97. The zero-order chi connectivity index (χ0) is 21.2. The van der Waals surface area contributed by atoms with E-state index in [9.17, 15) is 13.2 Å². The maximum absolute atomic E-state index is 13.3. The topological polar surface area (TPSA) is 63.7 Å². The van der Waals surface area contributed by atoms with Crippen LogP contribution in [0.2, 0.25) is 5.02 Å². The third-order valence-electron chi connectivity index (χ3n) is 5.05. The fourth-order valence-corrected chi connectivity index (χ4v) is 5.54. The molecule has 0 aromatic heterocycles. The molecule has 29 heavy (non-hydrogen) atoms. The van der Waals surface area contributed by atoms with E-state index in [0.717, 1.165) is 16.7 Å². The monoisotopic (exact) mass is 435 g/mol. The zero-order valence-electron chi connectivity index (χ0n) is 16.9. The molecule has 3 rings (SSSR count). The number of nitrogens with zero attached hydrogens (tertiary/aromatic N) is 1. The van der Waals surface area contributed by atoms with Crippen molar-refractivity contribution in [2.45, 2.75) is 45.9 Å². The van der Waals surface area contributed by atoms with Crippen LogP contribution in [0.15, 0.2) is 42.5 Å². The molecule has 7 heteroatoms. The van der Waals surface area contributed by atoms with Crippen molar-refractivity contribution in [2.24, 2.45) is 0 Å². The first-order valence-corrected chi connectivity index (χ1v) is 11.8. The molecule has 1 aliphatic heterocycles. The molecule has 1 heterocycles. The summed E-state index contributed by atoms with van der Waals surface area (Å²) in [5.74, 6) is 0.506. The predicted octanol–water partition coefficient (Wildman–Crippen LogP) is 3.94. The standard InChI is InChI=1S/C22H26ClNO4S/c1-15-10-16(2)12-21(11-15)28-17(3)22(25)24(20-8-9-29(26,27)14-20)13-18-4-6-19(23)7-5-18/h4-7,10-12,17,20H,8-9,13-14H2,1-3H3/t17-,20-/m1/s1. The van der Waals surface area contributed by atoms with Crippen molar-refractivity contribution in [3.05, 3.63) is 64.2 Å². The minimum atomic E-state index is -3.12. The fourth-order valence-electron chi connectivity index (χ4n) is 3.68. The van der Waals surface area contributed by atoms with E-state index in [0.29, 0.717) is 23.7 Å². The highest BCUT2D eigenvalue weighted by Crippen LogP contribution is 2.24. The van der Waals surface area contributed by atoms with Gasteiger partial charge in [-0.25, -0.2) is 8.42 Å². The lowest BCUT2D eigenvalue weighted by molar-refractivity contribution is -0.140. The molecule has 0 aliphatic carbocycles. The Morgan fingerprint density at radius 1 is 1.17 bits per heavy atom. The van der Waals surface area contributed by atoms with Gasteiger partial charge in [-0.2, -0.15) is 0 Å². The maximum atomic E-state index is 13.3. The Bertz CT molecular complexity index is 968. The number of rotatable bonds is 6. The molecule has 0 spiro atoms. The highest BCUT2D eigenvalue weighted by molar-refractivity contribution is 7.91. The Hall–Kier alpha value is -2.05. The Morgan fingerprint density at radius 2 is 1.79 bits per heavy atom. The van der Waals surface area contributed by atoms with Crippen LogP contribution in [0.25, 0.3) is 0 Å². The highest BCUT2D eigenvalue weighted by Gasteiger charge is 2.36. The van der Waals surface area contributed by atoms with Gasteiger partial charge in [0.1, 0.15) is 5.75 Å². The van der Waals surface area contributed by atoms with Crippen LogP contribution in [-0.4, -0.2) is 42.9 Å². The van der Waals surface area contributed by atoms with Crippen LogP contribution in [0, 0.1) is 13.8 Å². The number of aryl methyl sites for hydroxylation is 2. The average molecular weight is 436 g/mol. The van der Waals surface area contributed by atoms with Crippen molar-refractivity contribution < 1.29 is 17.9 Å². The van der Waals surface area contributed by atoms with Crippen LogP contribution < -0.4 is 4.74 Å². The Kier molecular flexibility index (Phi) is 6.54. The summed E-state index contributed by atoms with van der Waals surface area (Å²) >= 11 is 5.96. The molecular weight excluding hydrogens is 410 g/mol. The van der Waals surface area contributed by atoms with E-state index < -0.39 is 15.9 Å². The summed E-state index contributed by atoms with van der Waals surface area (Å²) in [7, 11) is -3.12. The predicted molar refractivity (Wildman–Crippen MR) is 115 cm³/mol. The molecule has 2 aromatic carbocycles.